The van der Waals surface area contributed by atoms with Crippen LogP contribution in [0.15, 0.2) is 24.3 Å². The molecule has 1 aliphatic heterocycles. The Balaban J connectivity index is 1.96. The van der Waals surface area contributed by atoms with E-state index in [0.29, 0.717) is 13.0 Å². The number of ether oxygens (including phenoxy) is 1. The third-order valence-electron chi connectivity index (χ3n) is 3.70. The third kappa shape index (κ3) is 5.16. The van der Waals surface area contributed by atoms with Gasteiger partial charge in [0, 0.05) is 12.5 Å². The monoisotopic (exact) mass is 320 g/mol. The normalized spacial score (nSPS) is 22.0. The first-order valence-corrected chi connectivity index (χ1v) is 7.81. The Kier molecular flexibility index (Phi) is 5.13. The maximum Gasteiger partial charge on any atom is 0.408 e. The molecule has 6 heteroatoms. The maximum atomic E-state index is 12.1. The SMILES string of the molecule is CC(C)(C)OC(=O)N[C@@H]1CCC(c2ccc(O)cc2)CNC1=O. The number of hydrogen-bond donors (Lipinski definition) is 3. The van der Waals surface area contributed by atoms with Crippen molar-refractivity contribution in [3.05, 3.63) is 29.8 Å². The van der Waals surface area contributed by atoms with Crippen LogP contribution in [0.25, 0.3) is 0 Å². The van der Waals surface area contributed by atoms with Crippen molar-refractivity contribution in [3.8, 4) is 5.75 Å². The van der Waals surface area contributed by atoms with Crippen molar-refractivity contribution in [2.45, 2.75) is 51.2 Å². The summed E-state index contributed by atoms with van der Waals surface area (Å²) in [4.78, 5) is 24.0. The zero-order chi connectivity index (χ0) is 17.0. The van der Waals surface area contributed by atoms with E-state index in [9.17, 15) is 14.7 Å². The van der Waals surface area contributed by atoms with E-state index in [1.807, 2.05) is 12.1 Å². The number of alkyl carbamates (subject to hydrolysis) is 1. The fourth-order valence-electron chi connectivity index (χ4n) is 2.57. The van der Waals surface area contributed by atoms with Gasteiger partial charge in [-0.05, 0) is 51.3 Å². The second-order valence-electron chi connectivity index (χ2n) is 6.81. The zero-order valence-electron chi connectivity index (χ0n) is 13.8. The largest absolute Gasteiger partial charge is 0.508 e. The van der Waals surface area contributed by atoms with Gasteiger partial charge in [-0.2, -0.15) is 0 Å². The number of aromatic hydroxyl groups is 1. The van der Waals surface area contributed by atoms with Gasteiger partial charge < -0.3 is 20.5 Å². The van der Waals surface area contributed by atoms with E-state index in [1.165, 1.54) is 0 Å². The zero-order valence-corrected chi connectivity index (χ0v) is 13.8. The topological polar surface area (TPSA) is 87.7 Å². The Morgan fingerprint density at radius 2 is 1.91 bits per heavy atom. The van der Waals surface area contributed by atoms with E-state index in [1.54, 1.807) is 32.9 Å². The highest BCUT2D eigenvalue weighted by atomic mass is 16.6. The fraction of sp³-hybridized carbons (Fsp3) is 0.529. The van der Waals surface area contributed by atoms with Gasteiger partial charge in [-0.15, -0.1) is 0 Å². The Labute approximate surface area is 136 Å². The average molecular weight is 320 g/mol. The van der Waals surface area contributed by atoms with Crippen LogP contribution < -0.4 is 10.6 Å². The first-order valence-electron chi connectivity index (χ1n) is 7.81. The average Bonchev–Trinajstić information content (AvgIpc) is 2.61. The minimum absolute atomic E-state index is 0.157. The molecule has 1 aromatic rings. The van der Waals surface area contributed by atoms with E-state index in [-0.39, 0.29) is 17.6 Å². The third-order valence-corrected chi connectivity index (χ3v) is 3.70. The lowest BCUT2D eigenvalue weighted by atomic mass is 9.94. The molecule has 1 heterocycles. The van der Waals surface area contributed by atoms with Crippen molar-refractivity contribution in [1.29, 1.82) is 0 Å². The molecule has 1 aromatic carbocycles. The standard InChI is InChI=1S/C17H24N2O4/c1-17(2,3)23-16(22)19-14-9-6-12(10-18-15(14)21)11-4-7-13(20)8-5-11/h4-5,7-8,12,14,20H,6,9-10H2,1-3H3,(H,18,21)(H,19,22)/t12?,14-/m1/s1. The number of hydrogen-bond acceptors (Lipinski definition) is 4. The molecule has 0 aliphatic carbocycles. The summed E-state index contributed by atoms with van der Waals surface area (Å²) in [7, 11) is 0. The van der Waals surface area contributed by atoms with Crippen molar-refractivity contribution in [2.75, 3.05) is 6.54 Å². The molecule has 2 amide bonds. The van der Waals surface area contributed by atoms with E-state index >= 15 is 0 Å². The van der Waals surface area contributed by atoms with Gasteiger partial charge in [-0.1, -0.05) is 12.1 Å². The van der Waals surface area contributed by atoms with Gasteiger partial charge in [-0.3, -0.25) is 4.79 Å². The molecule has 0 aromatic heterocycles. The van der Waals surface area contributed by atoms with Crippen molar-refractivity contribution in [3.63, 3.8) is 0 Å². The van der Waals surface area contributed by atoms with Crippen LogP contribution in [0.5, 0.6) is 5.75 Å². The van der Waals surface area contributed by atoms with E-state index < -0.39 is 17.7 Å². The molecule has 0 bridgehead atoms. The highest BCUT2D eigenvalue weighted by Crippen LogP contribution is 2.25. The minimum Gasteiger partial charge on any atom is -0.508 e. The lowest BCUT2D eigenvalue weighted by Gasteiger charge is -2.22. The Hall–Kier alpha value is -2.24. The predicted octanol–water partition coefficient (Wildman–Crippen LogP) is 2.28. The predicted molar refractivity (Wildman–Crippen MR) is 86.2 cm³/mol. The van der Waals surface area contributed by atoms with Gasteiger partial charge >= 0.3 is 6.09 Å². The minimum atomic E-state index is -0.597. The number of phenolic OH excluding ortho intramolecular Hbond substituents is 1. The Morgan fingerprint density at radius 1 is 1.26 bits per heavy atom. The van der Waals surface area contributed by atoms with Crippen molar-refractivity contribution in [1.82, 2.24) is 10.6 Å². The molecule has 3 N–H and O–H groups in total. The summed E-state index contributed by atoms with van der Waals surface area (Å²) < 4.78 is 5.20. The fourth-order valence-corrected chi connectivity index (χ4v) is 2.57. The van der Waals surface area contributed by atoms with Crippen molar-refractivity contribution >= 4 is 12.0 Å². The van der Waals surface area contributed by atoms with E-state index in [2.05, 4.69) is 10.6 Å². The van der Waals surface area contributed by atoms with Crippen LogP contribution in [0.1, 0.15) is 45.1 Å². The van der Waals surface area contributed by atoms with Gasteiger partial charge in [0.1, 0.15) is 17.4 Å². The van der Waals surface area contributed by atoms with Gasteiger partial charge in [0.05, 0.1) is 0 Å². The molecule has 0 spiro atoms. The number of nitrogens with one attached hydrogen (secondary N) is 2. The molecule has 6 nitrogen and oxygen atoms in total. The lowest BCUT2D eigenvalue weighted by molar-refractivity contribution is -0.122. The maximum absolute atomic E-state index is 12.1. The van der Waals surface area contributed by atoms with Crippen LogP contribution in [0, 0.1) is 0 Å². The lowest BCUT2D eigenvalue weighted by Crippen LogP contribution is -2.47. The molecule has 0 saturated carbocycles. The van der Waals surface area contributed by atoms with Crippen LogP contribution in [0.4, 0.5) is 4.79 Å². The first kappa shape index (κ1) is 17.1. The second-order valence-corrected chi connectivity index (χ2v) is 6.81. The number of phenols is 1. The van der Waals surface area contributed by atoms with Gasteiger partial charge in [0.2, 0.25) is 5.91 Å². The summed E-state index contributed by atoms with van der Waals surface area (Å²) in [5.41, 5.74) is 0.459. The second kappa shape index (κ2) is 6.89. The smallest absolute Gasteiger partial charge is 0.408 e. The van der Waals surface area contributed by atoms with Crippen LogP contribution in [0.3, 0.4) is 0 Å². The Morgan fingerprint density at radius 3 is 2.52 bits per heavy atom. The molecule has 1 aliphatic rings. The van der Waals surface area contributed by atoms with Crippen LogP contribution in [0.2, 0.25) is 0 Å². The molecule has 1 unspecified atom stereocenters. The van der Waals surface area contributed by atoms with Gasteiger partial charge in [0.25, 0.3) is 0 Å². The van der Waals surface area contributed by atoms with Crippen LogP contribution in [-0.4, -0.2) is 35.3 Å². The van der Waals surface area contributed by atoms with Gasteiger partial charge in [-0.25, -0.2) is 4.79 Å². The summed E-state index contributed by atoms with van der Waals surface area (Å²) in [5, 5.41) is 14.8. The first-order chi connectivity index (χ1) is 10.7. The summed E-state index contributed by atoms with van der Waals surface area (Å²) in [6.45, 7) is 5.85. The molecule has 0 radical (unpaired) electrons. The highest BCUT2D eigenvalue weighted by Gasteiger charge is 2.28. The van der Waals surface area contributed by atoms with E-state index in [0.717, 1.165) is 12.0 Å². The Bertz CT molecular complexity index is 563. The molecule has 2 rings (SSSR count). The number of rotatable bonds is 2. The molecular formula is C17H24N2O4. The van der Waals surface area contributed by atoms with Crippen LogP contribution >= 0.6 is 0 Å². The summed E-state index contributed by atoms with van der Waals surface area (Å²) in [5.74, 6) is 0.179. The summed E-state index contributed by atoms with van der Waals surface area (Å²) >= 11 is 0. The molecule has 1 saturated heterocycles. The molecule has 23 heavy (non-hydrogen) atoms. The molecule has 2 atom stereocenters. The van der Waals surface area contributed by atoms with Gasteiger partial charge in [0.15, 0.2) is 0 Å². The number of amides is 2. The number of carbonyl (C=O) groups excluding carboxylic acids is 2. The quantitative estimate of drug-likeness (QED) is 0.780. The van der Waals surface area contributed by atoms with Crippen LogP contribution in [-0.2, 0) is 9.53 Å². The summed E-state index contributed by atoms with van der Waals surface area (Å²) in [6.07, 6.45) is 0.710. The number of benzene rings is 1. The summed E-state index contributed by atoms with van der Waals surface area (Å²) in [6, 6.07) is 6.39. The molecular weight excluding hydrogens is 296 g/mol. The molecule has 126 valence electrons. The number of carbonyl (C=O) groups is 2. The highest BCUT2D eigenvalue weighted by molar-refractivity contribution is 5.85. The van der Waals surface area contributed by atoms with E-state index in [4.69, 9.17) is 4.74 Å². The molecule has 1 fully saturated rings. The van der Waals surface area contributed by atoms with Crippen molar-refractivity contribution in [2.24, 2.45) is 0 Å². The van der Waals surface area contributed by atoms with Crippen molar-refractivity contribution < 1.29 is 19.4 Å².